The summed E-state index contributed by atoms with van der Waals surface area (Å²) in [5, 5.41) is 13.7. The van der Waals surface area contributed by atoms with Crippen LogP contribution < -0.4 is 29.2 Å². The number of methoxy groups -OCH3 is 1. The molecular weight excluding hydrogens is 621 g/mol. The van der Waals surface area contributed by atoms with Gasteiger partial charge in [0.25, 0.3) is 0 Å². The van der Waals surface area contributed by atoms with Gasteiger partial charge in [0.2, 0.25) is 11.8 Å². The second-order valence-corrected chi connectivity index (χ2v) is 10.6. The summed E-state index contributed by atoms with van der Waals surface area (Å²) >= 11 is 0. The van der Waals surface area contributed by atoms with Crippen LogP contribution >= 0.6 is 0 Å². The fourth-order valence-corrected chi connectivity index (χ4v) is 4.94. The number of hydrogen-bond donors (Lipinski definition) is 1. The number of aromatic nitrogens is 4. The summed E-state index contributed by atoms with van der Waals surface area (Å²) in [5.74, 6) is -0.607. The maximum Gasteiger partial charge on any atom is 0.414 e. The number of imidazole rings is 1. The topological polar surface area (TPSA) is 182 Å². The molecule has 4 heterocycles. The third-order valence-electron chi connectivity index (χ3n) is 7.26. The Morgan fingerprint density at radius 3 is 2.70 bits per heavy atom. The molecule has 47 heavy (non-hydrogen) atoms. The smallest absolute Gasteiger partial charge is 0.414 e. The van der Waals surface area contributed by atoms with Crippen molar-refractivity contribution in [3.05, 3.63) is 76.4 Å². The minimum Gasteiger partial charge on any atom is -0.497 e. The van der Waals surface area contributed by atoms with E-state index < -0.39 is 29.0 Å². The number of nitrogens with zero attached hydrogens (tertiary/aromatic N) is 6. The Bertz CT molecular complexity index is 1820. The minimum absolute atomic E-state index is 0.0177. The van der Waals surface area contributed by atoms with Crippen LogP contribution in [-0.2, 0) is 22.7 Å². The maximum atomic E-state index is 15.7. The van der Waals surface area contributed by atoms with Crippen molar-refractivity contribution < 1.29 is 42.6 Å². The number of ether oxygens (including phenoxy) is 5. The van der Waals surface area contributed by atoms with Crippen molar-refractivity contribution in [1.82, 2.24) is 24.8 Å². The van der Waals surface area contributed by atoms with Crippen molar-refractivity contribution in [3.8, 4) is 34.8 Å². The molecular formula is C30H28FN7O9. The Morgan fingerprint density at radius 2 is 1.98 bits per heavy atom. The highest BCUT2D eigenvalue weighted by Gasteiger charge is 2.33. The van der Waals surface area contributed by atoms with E-state index in [2.05, 4.69) is 20.3 Å². The summed E-state index contributed by atoms with van der Waals surface area (Å²) in [5.41, 5.74) is 1.36. The molecule has 2 aliphatic heterocycles. The number of amides is 2. The van der Waals surface area contributed by atoms with Crippen LogP contribution in [0, 0.1) is 15.9 Å². The fourth-order valence-electron chi connectivity index (χ4n) is 4.94. The Kier molecular flexibility index (Phi) is 8.68. The normalized spacial score (nSPS) is 16.9. The number of hydrogen-bond acceptors (Lipinski definition) is 12. The molecule has 16 nitrogen and oxygen atoms in total. The molecule has 0 unspecified atom stereocenters. The van der Waals surface area contributed by atoms with Gasteiger partial charge in [0.05, 0.1) is 38.0 Å². The van der Waals surface area contributed by atoms with Crippen molar-refractivity contribution >= 4 is 23.5 Å². The highest BCUT2D eigenvalue weighted by molar-refractivity contribution is 5.90. The van der Waals surface area contributed by atoms with Crippen molar-refractivity contribution in [2.45, 2.75) is 32.3 Å². The molecule has 0 radical (unpaired) electrons. The zero-order valence-corrected chi connectivity index (χ0v) is 25.1. The molecule has 2 aliphatic rings. The van der Waals surface area contributed by atoms with Gasteiger partial charge >= 0.3 is 23.9 Å². The number of fused-ring (bicyclic) bond motifs is 1. The zero-order chi connectivity index (χ0) is 33.1. The van der Waals surface area contributed by atoms with Crippen LogP contribution in [-0.4, -0.2) is 75.5 Å². The molecule has 0 aliphatic carbocycles. The standard InChI is InChI=1S/C30H28FN7O9/c1-17(39)32-10-21-13-37(30(40)47-21)19-5-8-23(25(31)9-19)24-11-33-28(35-27(24)44-15-18-3-6-20(43-2)7-4-18)46-22-12-36-14-26(38(41)42)34-29(36)45-16-22/h3-9,11,14,21-22H,10,12-13,15-16H2,1-2H3,(H,32,39)/t21-,22-/m0/s1. The van der Waals surface area contributed by atoms with Crippen molar-refractivity contribution in [2.24, 2.45) is 0 Å². The van der Waals surface area contributed by atoms with Crippen LogP contribution in [0.25, 0.3) is 11.1 Å². The molecule has 2 aromatic heterocycles. The highest BCUT2D eigenvalue weighted by atomic mass is 19.1. The number of rotatable bonds is 11. The Morgan fingerprint density at radius 1 is 1.17 bits per heavy atom. The second-order valence-electron chi connectivity index (χ2n) is 10.6. The van der Waals surface area contributed by atoms with Crippen LogP contribution in [0.1, 0.15) is 12.5 Å². The fraction of sp³-hybridized carbons (Fsp3) is 0.300. The number of nitrogens with one attached hydrogen (secondary N) is 1. The van der Waals surface area contributed by atoms with Crippen LogP contribution in [0.5, 0.6) is 23.7 Å². The first-order valence-corrected chi connectivity index (χ1v) is 14.3. The van der Waals surface area contributed by atoms with E-state index in [9.17, 15) is 19.7 Å². The van der Waals surface area contributed by atoms with Crippen LogP contribution in [0.4, 0.5) is 20.7 Å². The average Bonchev–Trinajstić information content (AvgIpc) is 3.66. The number of cyclic esters (lactones) is 1. The van der Waals surface area contributed by atoms with E-state index in [-0.39, 0.29) is 79.3 Å². The van der Waals surface area contributed by atoms with Crippen molar-refractivity contribution in [1.29, 1.82) is 0 Å². The lowest BCUT2D eigenvalue weighted by Crippen LogP contribution is -2.35. The molecule has 2 atom stereocenters. The molecule has 0 spiro atoms. The number of carbonyl (C=O) groups is 2. The lowest BCUT2D eigenvalue weighted by molar-refractivity contribution is -0.389. The van der Waals surface area contributed by atoms with Gasteiger partial charge in [0.15, 0.2) is 6.10 Å². The van der Waals surface area contributed by atoms with E-state index >= 15 is 4.39 Å². The molecule has 1 fully saturated rings. The summed E-state index contributed by atoms with van der Waals surface area (Å²) in [4.78, 5) is 48.0. The Balaban J connectivity index is 1.24. The summed E-state index contributed by atoms with van der Waals surface area (Å²) in [6, 6.07) is 11.4. The van der Waals surface area contributed by atoms with E-state index in [0.717, 1.165) is 5.56 Å². The molecule has 2 aromatic carbocycles. The van der Waals surface area contributed by atoms with Gasteiger partial charge in [-0.3, -0.25) is 14.3 Å². The predicted octanol–water partition coefficient (Wildman–Crippen LogP) is 3.28. The molecule has 244 valence electrons. The highest BCUT2D eigenvalue weighted by Crippen LogP contribution is 2.35. The monoisotopic (exact) mass is 649 g/mol. The largest absolute Gasteiger partial charge is 0.497 e. The van der Waals surface area contributed by atoms with E-state index in [1.54, 1.807) is 25.3 Å². The zero-order valence-electron chi connectivity index (χ0n) is 25.1. The van der Waals surface area contributed by atoms with E-state index in [4.69, 9.17) is 23.7 Å². The van der Waals surface area contributed by atoms with Gasteiger partial charge in [0.1, 0.15) is 37.1 Å². The second kappa shape index (κ2) is 13.2. The molecule has 0 saturated carbocycles. The number of carbonyl (C=O) groups excluding carboxylic acids is 2. The molecule has 4 aromatic rings. The van der Waals surface area contributed by atoms with Gasteiger partial charge in [-0.1, -0.05) is 12.1 Å². The van der Waals surface area contributed by atoms with E-state index in [0.29, 0.717) is 5.75 Å². The number of halogens is 1. The van der Waals surface area contributed by atoms with Crippen LogP contribution in [0.3, 0.4) is 0 Å². The summed E-state index contributed by atoms with van der Waals surface area (Å²) < 4.78 is 45.2. The number of benzene rings is 2. The molecule has 1 N–H and O–H groups in total. The third-order valence-corrected chi connectivity index (χ3v) is 7.26. The molecule has 6 rings (SSSR count). The molecule has 0 bridgehead atoms. The first-order chi connectivity index (χ1) is 22.7. The molecule has 2 amide bonds. The van der Waals surface area contributed by atoms with Gasteiger partial charge in [-0.15, -0.1) is 0 Å². The quantitative estimate of drug-likeness (QED) is 0.185. The molecule has 1 saturated heterocycles. The van der Waals surface area contributed by atoms with E-state index in [1.807, 2.05) is 12.1 Å². The summed E-state index contributed by atoms with van der Waals surface area (Å²) in [7, 11) is 1.56. The lowest BCUT2D eigenvalue weighted by Gasteiger charge is -2.22. The van der Waals surface area contributed by atoms with Crippen LogP contribution in [0.2, 0.25) is 0 Å². The SMILES string of the molecule is COc1ccc(COc2nc(O[C@@H]3COc4nc([N+](=O)[O-])cn4C3)ncc2-c2ccc(N3C[C@H](CNC(C)=O)OC3=O)cc2F)cc1. The maximum absolute atomic E-state index is 15.7. The average molecular weight is 650 g/mol. The number of nitro groups is 1. The Hall–Kier alpha value is -6.00. The van der Waals surface area contributed by atoms with Crippen molar-refractivity contribution in [2.75, 3.05) is 31.7 Å². The van der Waals surface area contributed by atoms with Gasteiger partial charge in [-0.25, -0.2) is 14.2 Å². The first-order valence-electron chi connectivity index (χ1n) is 14.3. The van der Waals surface area contributed by atoms with E-state index in [1.165, 1.54) is 40.9 Å². The summed E-state index contributed by atoms with van der Waals surface area (Å²) in [6.07, 6.45) is 0.731. The van der Waals surface area contributed by atoms with Gasteiger partial charge < -0.3 is 39.1 Å². The van der Waals surface area contributed by atoms with Gasteiger partial charge in [-0.2, -0.15) is 4.98 Å². The Labute approximate surface area is 266 Å². The lowest BCUT2D eigenvalue weighted by atomic mass is 10.1. The van der Waals surface area contributed by atoms with Crippen molar-refractivity contribution in [3.63, 3.8) is 0 Å². The first kappa shape index (κ1) is 31.0. The van der Waals surface area contributed by atoms with Gasteiger partial charge in [0, 0.05) is 23.7 Å². The predicted molar refractivity (Wildman–Crippen MR) is 160 cm³/mol. The molecule has 17 heteroatoms. The van der Waals surface area contributed by atoms with Gasteiger partial charge in [-0.05, 0) is 40.8 Å². The minimum atomic E-state index is -0.679. The number of anilines is 1. The van der Waals surface area contributed by atoms with Crippen LogP contribution in [0.15, 0.2) is 54.9 Å². The third kappa shape index (κ3) is 6.98. The summed E-state index contributed by atoms with van der Waals surface area (Å²) in [6.45, 7) is 1.90.